The highest BCUT2D eigenvalue weighted by atomic mass is 14.0. The van der Waals surface area contributed by atoms with E-state index in [1.807, 2.05) is 0 Å². The van der Waals surface area contributed by atoms with Crippen LogP contribution in [0.15, 0.2) is 24.3 Å². The minimum atomic E-state index is 0.744. The van der Waals surface area contributed by atoms with Crippen LogP contribution in [0, 0.1) is 11.8 Å². The van der Waals surface area contributed by atoms with Gasteiger partial charge in [-0.1, -0.05) is 51.5 Å². The van der Waals surface area contributed by atoms with Crippen molar-refractivity contribution in [2.45, 2.75) is 47.0 Å². The van der Waals surface area contributed by atoms with Gasteiger partial charge in [0.2, 0.25) is 0 Å². The Morgan fingerprint density at radius 1 is 1.08 bits per heavy atom. The highest BCUT2D eigenvalue weighted by molar-refractivity contribution is 4.89. The van der Waals surface area contributed by atoms with E-state index in [1.54, 1.807) is 0 Å². The summed E-state index contributed by atoms with van der Waals surface area (Å²) < 4.78 is 0. The van der Waals surface area contributed by atoms with Gasteiger partial charge >= 0.3 is 0 Å². The summed E-state index contributed by atoms with van der Waals surface area (Å²) in [4.78, 5) is 0. The van der Waals surface area contributed by atoms with Crippen LogP contribution < -0.4 is 0 Å². The molecular formula is C13H24. The van der Waals surface area contributed by atoms with E-state index in [9.17, 15) is 0 Å². The molecule has 0 spiro atoms. The first kappa shape index (κ1) is 12.5. The molecule has 2 atom stereocenters. The van der Waals surface area contributed by atoms with Gasteiger partial charge in [-0.15, -0.1) is 0 Å². The lowest BCUT2D eigenvalue weighted by molar-refractivity contribution is 0.597. The molecule has 0 nitrogen and oxygen atoms in total. The van der Waals surface area contributed by atoms with Crippen molar-refractivity contribution in [1.29, 1.82) is 0 Å². The molecule has 0 aromatic carbocycles. The van der Waals surface area contributed by atoms with Crippen LogP contribution in [0.5, 0.6) is 0 Å². The van der Waals surface area contributed by atoms with Crippen molar-refractivity contribution >= 4 is 0 Å². The smallest absolute Gasteiger partial charge is 0.0265 e. The normalized spacial score (nSPS) is 16.9. The van der Waals surface area contributed by atoms with Crippen molar-refractivity contribution in [3.8, 4) is 0 Å². The predicted molar refractivity (Wildman–Crippen MR) is 61.8 cm³/mol. The molecule has 0 rings (SSSR count). The largest absolute Gasteiger partial charge is 0.0917 e. The maximum atomic E-state index is 2.34. The van der Waals surface area contributed by atoms with Crippen LogP contribution in [0.2, 0.25) is 0 Å². The molecule has 13 heavy (non-hydrogen) atoms. The Morgan fingerprint density at radius 2 is 1.69 bits per heavy atom. The quantitative estimate of drug-likeness (QED) is 0.525. The van der Waals surface area contributed by atoms with E-state index in [0.717, 1.165) is 11.8 Å². The molecule has 0 heteroatoms. The first-order valence-corrected chi connectivity index (χ1v) is 5.48. The van der Waals surface area contributed by atoms with E-state index in [-0.39, 0.29) is 0 Å². The van der Waals surface area contributed by atoms with E-state index in [4.69, 9.17) is 0 Å². The molecule has 0 N–H and O–H groups in total. The summed E-state index contributed by atoms with van der Waals surface area (Å²) in [6.45, 7) is 8.90. The fourth-order valence-electron chi connectivity index (χ4n) is 1.14. The molecule has 0 fully saturated rings. The van der Waals surface area contributed by atoms with Crippen molar-refractivity contribution in [3.63, 3.8) is 0 Å². The van der Waals surface area contributed by atoms with Crippen molar-refractivity contribution in [2.24, 2.45) is 11.8 Å². The van der Waals surface area contributed by atoms with Gasteiger partial charge in [0.05, 0.1) is 0 Å². The number of hydrogen-bond acceptors (Lipinski definition) is 0. The molecule has 76 valence electrons. The fourth-order valence-corrected chi connectivity index (χ4v) is 1.14. The maximum Gasteiger partial charge on any atom is -0.0265 e. The third kappa shape index (κ3) is 7.83. The lowest BCUT2D eigenvalue weighted by atomic mass is 10.0. The van der Waals surface area contributed by atoms with Crippen LogP contribution >= 0.6 is 0 Å². The van der Waals surface area contributed by atoms with Crippen LogP contribution in [0.4, 0.5) is 0 Å². The summed E-state index contributed by atoms with van der Waals surface area (Å²) in [7, 11) is 0. The standard InChI is InChI=1S/C13H24/c1-5-7-9-13(4)11-8-10-12(3)6-2/h5,7-8,10,12-13H,6,9,11H2,1-4H3. The van der Waals surface area contributed by atoms with Crippen LogP contribution in [0.1, 0.15) is 47.0 Å². The van der Waals surface area contributed by atoms with Crippen molar-refractivity contribution in [3.05, 3.63) is 24.3 Å². The second kappa shape index (κ2) is 8.10. The summed E-state index contributed by atoms with van der Waals surface area (Å²) in [5.74, 6) is 1.53. The van der Waals surface area contributed by atoms with Gasteiger partial charge < -0.3 is 0 Å². The van der Waals surface area contributed by atoms with E-state index in [0.29, 0.717) is 0 Å². The van der Waals surface area contributed by atoms with Crippen LogP contribution in [-0.2, 0) is 0 Å². The molecule has 0 bridgehead atoms. The number of hydrogen-bond donors (Lipinski definition) is 0. The molecule has 0 aliphatic carbocycles. The lowest BCUT2D eigenvalue weighted by Gasteiger charge is -2.05. The maximum absolute atomic E-state index is 2.34. The summed E-state index contributed by atoms with van der Waals surface area (Å²) in [5, 5.41) is 0. The monoisotopic (exact) mass is 180 g/mol. The van der Waals surface area contributed by atoms with Gasteiger partial charge in [-0.2, -0.15) is 0 Å². The Balaban J connectivity index is 3.56. The van der Waals surface area contributed by atoms with Gasteiger partial charge in [0.25, 0.3) is 0 Å². The number of rotatable bonds is 6. The second-order valence-electron chi connectivity index (χ2n) is 3.96. The van der Waals surface area contributed by atoms with Gasteiger partial charge in [0, 0.05) is 0 Å². The topological polar surface area (TPSA) is 0 Å². The van der Waals surface area contributed by atoms with E-state index >= 15 is 0 Å². The highest BCUT2D eigenvalue weighted by Gasteiger charge is 1.96. The van der Waals surface area contributed by atoms with Crippen LogP contribution in [-0.4, -0.2) is 0 Å². The molecule has 0 heterocycles. The fraction of sp³-hybridized carbons (Fsp3) is 0.692. The molecule has 0 aliphatic heterocycles. The van der Waals surface area contributed by atoms with Crippen molar-refractivity contribution < 1.29 is 0 Å². The van der Waals surface area contributed by atoms with E-state index in [1.165, 1.54) is 19.3 Å². The van der Waals surface area contributed by atoms with Crippen LogP contribution in [0.25, 0.3) is 0 Å². The number of allylic oxidation sites excluding steroid dienone is 4. The third-order valence-corrected chi connectivity index (χ3v) is 2.42. The second-order valence-corrected chi connectivity index (χ2v) is 3.96. The van der Waals surface area contributed by atoms with Gasteiger partial charge in [-0.05, 0) is 31.6 Å². The summed E-state index contributed by atoms with van der Waals surface area (Å²) in [6.07, 6.45) is 12.7. The van der Waals surface area contributed by atoms with Crippen molar-refractivity contribution in [1.82, 2.24) is 0 Å². The Morgan fingerprint density at radius 3 is 2.23 bits per heavy atom. The minimum Gasteiger partial charge on any atom is -0.0917 e. The highest BCUT2D eigenvalue weighted by Crippen LogP contribution is 2.10. The Kier molecular flexibility index (Phi) is 7.77. The lowest BCUT2D eigenvalue weighted by Crippen LogP contribution is -1.91. The first-order valence-electron chi connectivity index (χ1n) is 5.48. The molecule has 0 aromatic heterocycles. The Labute approximate surface area is 83.7 Å². The van der Waals surface area contributed by atoms with Gasteiger partial charge in [0.1, 0.15) is 0 Å². The average molecular weight is 180 g/mol. The van der Waals surface area contributed by atoms with Gasteiger partial charge in [-0.3, -0.25) is 0 Å². The summed E-state index contributed by atoms with van der Waals surface area (Å²) >= 11 is 0. The molecule has 0 saturated heterocycles. The molecule has 0 aliphatic rings. The molecule has 2 unspecified atom stereocenters. The molecule has 0 aromatic rings. The zero-order valence-corrected chi connectivity index (χ0v) is 9.59. The van der Waals surface area contributed by atoms with Gasteiger partial charge in [0.15, 0.2) is 0 Å². The van der Waals surface area contributed by atoms with Gasteiger partial charge in [-0.25, -0.2) is 0 Å². The Hall–Kier alpha value is -0.520. The first-order chi connectivity index (χ1) is 6.20. The average Bonchev–Trinajstić information content (AvgIpc) is 2.14. The summed E-state index contributed by atoms with van der Waals surface area (Å²) in [6, 6.07) is 0. The van der Waals surface area contributed by atoms with E-state index < -0.39 is 0 Å². The molecule has 0 radical (unpaired) electrons. The molecule has 0 amide bonds. The predicted octanol–water partition coefficient (Wildman–Crippen LogP) is 4.58. The SMILES string of the molecule is CC=CCC(C)CC=CC(C)CC. The van der Waals surface area contributed by atoms with Crippen molar-refractivity contribution in [2.75, 3.05) is 0 Å². The van der Waals surface area contributed by atoms with E-state index in [2.05, 4.69) is 52.0 Å². The molecule has 0 saturated carbocycles. The zero-order chi connectivity index (χ0) is 10.1. The minimum absolute atomic E-state index is 0.744. The Bertz CT molecular complexity index is 153. The summed E-state index contributed by atoms with van der Waals surface area (Å²) in [5.41, 5.74) is 0. The molecular weight excluding hydrogens is 156 g/mol. The third-order valence-electron chi connectivity index (χ3n) is 2.42. The zero-order valence-electron chi connectivity index (χ0n) is 9.59. The van der Waals surface area contributed by atoms with Crippen LogP contribution in [0.3, 0.4) is 0 Å².